The van der Waals surface area contributed by atoms with Gasteiger partial charge in [-0.2, -0.15) is 24.2 Å². The summed E-state index contributed by atoms with van der Waals surface area (Å²) in [4.78, 5) is 33.4. The summed E-state index contributed by atoms with van der Waals surface area (Å²) in [6.45, 7) is 4.53. The zero-order valence-electron chi connectivity index (χ0n) is 27.0. The van der Waals surface area contributed by atoms with Gasteiger partial charge in [0.05, 0.1) is 10.8 Å². The van der Waals surface area contributed by atoms with Crippen LogP contribution in [0, 0.1) is 6.92 Å². The maximum absolute atomic E-state index is 12.7. The number of anilines is 2. The first kappa shape index (κ1) is 41.2. The van der Waals surface area contributed by atoms with Crippen molar-refractivity contribution in [1.29, 1.82) is 0 Å². The van der Waals surface area contributed by atoms with E-state index in [-0.39, 0.29) is 24.5 Å². The second-order valence-electron chi connectivity index (χ2n) is 11.1. The molecule has 7 N–H and O–H groups in total. The van der Waals surface area contributed by atoms with Crippen LogP contribution in [-0.2, 0) is 32.6 Å². The molecule has 1 atom stereocenters. The minimum atomic E-state index is -5.08. The van der Waals surface area contributed by atoms with Crippen LogP contribution in [0.1, 0.15) is 35.2 Å². The van der Waals surface area contributed by atoms with Crippen LogP contribution < -0.4 is 21.4 Å². The number of benzene rings is 4. The molecule has 0 spiro atoms. The van der Waals surface area contributed by atoms with Crippen LogP contribution in [0.15, 0.2) is 91.0 Å². The number of carboxylic acids is 1. The van der Waals surface area contributed by atoms with Crippen molar-refractivity contribution in [3.63, 3.8) is 0 Å². The van der Waals surface area contributed by atoms with Gasteiger partial charge in [0.1, 0.15) is 5.78 Å². The Kier molecular flexibility index (Phi) is 15.7. The summed E-state index contributed by atoms with van der Waals surface area (Å²) in [6, 6.07) is 29.0. The van der Waals surface area contributed by atoms with Crippen LogP contribution in [0.2, 0.25) is 0 Å². The number of fused-ring (bicyclic) bond motifs is 3. The third kappa shape index (κ3) is 11.7. The Morgan fingerprint density at radius 1 is 0.902 bits per heavy atom. The van der Waals surface area contributed by atoms with Crippen molar-refractivity contribution in [2.75, 3.05) is 18.0 Å². The molecule has 5 aromatic rings. The number of Topliss-reactive ketones (excluding diaryl/α,β-unsaturated/α-hetero) is 1. The standard InChI is InChI=1S/C34H33N5O2.C2HF3O2.2ClH.Pt/c1-2-30(37)32(40)9-6-18-38-34(41)24-12-10-22(11-13-24)21-39-31-20-26(36)15-17-28(31)27-16-14-25(35)19-29(27)33(39)23-7-4-3-5-8-23;3-2(4,5)1(6)7;;;/h3-5,7-8,10-17,19-20,30,36-37H,1-2,6,9,18,21,35H2,(H,38,41);(H,6,7);2*1H;/q-2;;;;+4/p-1. The topological polar surface area (TPSA) is 163 Å². The molecule has 15 heteroatoms. The number of amides is 1. The van der Waals surface area contributed by atoms with Crippen molar-refractivity contribution >= 4 is 69.5 Å². The maximum atomic E-state index is 12.7. The van der Waals surface area contributed by atoms with E-state index in [2.05, 4.69) is 41.1 Å². The van der Waals surface area contributed by atoms with Gasteiger partial charge in [0, 0.05) is 52.5 Å². The van der Waals surface area contributed by atoms with E-state index >= 15 is 0 Å². The molecule has 1 aromatic heterocycles. The Hall–Kier alpha value is -4.22. The molecule has 0 fully saturated rings. The van der Waals surface area contributed by atoms with E-state index < -0.39 is 34.7 Å². The fourth-order valence-corrected chi connectivity index (χ4v) is 5.18. The van der Waals surface area contributed by atoms with Crippen LogP contribution in [0.3, 0.4) is 0 Å². The van der Waals surface area contributed by atoms with Gasteiger partial charge in [0.2, 0.25) is 11.2 Å². The molecule has 1 unspecified atom stereocenters. The van der Waals surface area contributed by atoms with Gasteiger partial charge in [-0.15, -0.1) is 6.04 Å². The van der Waals surface area contributed by atoms with Crippen molar-refractivity contribution in [3.05, 3.63) is 115 Å². The Morgan fingerprint density at radius 3 is 2.04 bits per heavy atom. The summed E-state index contributed by atoms with van der Waals surface area (Å²) >= 11 is -0.472. The van der Waals surface area contributed by atoms with Crippen LogP contribution in [-0.4, -0.2) is 41.5 Å². The van der Waals surface area contributed by atoms with Crippen molar-refractivity contribution < 1.29 is 53.7 Å². The molecule has 0 aliphatic heterocycles. The number of ketones is 1. The number of halogens is 5. The van der Waals surface area contributed by atoms with Crippen molar-refractivity contribution in [2.24, 2.45) is 0 Å². The predicted octanol–water partition coefficient (Wildman–Crippen LogP) is 7.89. The second-order valence-corrected chi connectivity index (χ2v) is 14.4. The second kappa shape index (κ2) is 19.4. The molecule has 0 saturated carbocycles. The van der Waals surface area contributed by atoms with Gasteiger partial charge in [-0.05, 0) is 55.0 Å². The number of carbonyl (C=O) groups is 3. The molecule has 1 amide bonds. The van der Waals surface area contributed by atoms with Gasteiger partial charge in [-0.25, -0.2) is 4.79 Å². The van der Waals surface area contributed by atoms with Gasteiger partial charge < -0.3 is 39.3 Å². The number of alkyl halides is 3. The van der Waals surface area contributed by atoms with Gasteiger partial charge in [0.25, 0.3) is 5.91 Å². The van der Waals surface area contributed by atoms with Crippen LogP contribution in [0.5, 0.6) is 0 Å². The van der Waals surface area contributed by atoms with Gasteiger partial charge in [-0.1, -0.05) is 36.4 Å². The van der Waals surface area contributed by atoms with E-state index in [0.717, 1.165) is 38.5 Å². The molecule has 272 valence electrons. The van der Waals surface area contributed by atoms with E-state index in [4.69, 9.17) is 45.9 Å². The number of aromatic nitrogens is 1. The van der Waals surface area contributed by atoms with Crippen LogP contribution in [0.4, 0.5) is 24.5 Å². The predicted molar refractivity (Wildman–Crippen MR) is 192 cm³/mol. The van der Waals surface area contributed by atoms with E-state index in [9.17, 15) is 22.8 Å². The Morgan fingerprint density at radius 2 is 1.47 bits per heavy atom. The monoisotopic (exact) mass is 923 g/mol. The molecule has 0 bridgehead atoms. The number of nitrogens with zero attached hydrogens (tertiary/aromatic N) is 1. The summed E-state index contributed by atoms with van der Waals surface area (Å²) in [5, 5.41) is 13.2. The number of hydrogen-bond acceptors (Lipinski definition) is 5. The summed E-state index contributed by atoms with van der Waals surface area (Å²) in [6.07, 6.45) is -4.06. The molecular formula is C36H35Cl2F3N5O4Pt+. The summed E-state index contributed by atoms with van der Waals surface area (Å²) < 4.78 is 34.0. The average molecular weight is 925 g/mol. The summed E-state index contributed by atoms with van der Waals surface area (Å²) in [5.41, 5.74) is 26.2. The molecule has 0 saturated heterocycles. The van der Waals surface area contributed by atoms with Gasteiger partial charge in [0.15, 0.2) is 6.54 Å². The zero-order valence-corrected chi connectivity index (χ0v) is 30.7. The fourth-order valence-electron chi connectivity index (χ4n) is 5.18. The van der Waals surface area contributed by atoms with Crippen molar-refractivity contribution in [1.82, 2.24) is 5.32 Å². The Labute approximate surface area is 309 Å². The first-order valence-electron chi connectivity index (χ1n) is 15.2. The third-order valence-electron chi connectivity index (χ3n) is 7.58. The number of pyridine rings is 1. The first-order valence-corrected chi connectivity index (χ1v) is 20.9. The first-order chi connectivity index (χ1) is 24.2. The number of nitrogens with two attached hydrogens (primary N) is 2. The number of hydrogen-bond donors (Lipinski definition) is 4. The van der Waals surface area contributed by atoms with Gasteiger partial charge in [-0.3, -0.25) is 4.79 Å². The third-order valence-corrected chi connectivity index (χ3v) is 7.58. The number of nitrogens with one attached hydrogen (secondary N) is 2. The fraction of sp³-hybridized carbons (Fsp3) is 0.194. The number of aliphatic carboxylic acids is 1. The normalized spacial score (nSPS) is 11.6. The van der Waals surface area contributed by atoms with Gasteiger partial charge >= 0.3 is 47.5 Å². The number of carbonyl (C=O) groups excluding carboxylic acids is 2. The quantitative estimate of drug-likeness (QED) is 0.0366. The molecule has 0 radical (unpaired) electrons. The van der Waals surface area contributed by atoms with Crippen molar-refractivity contribution in [3.8, 4) is 11.3 Å². The molecule has 51 heavy (non-hydrogen) atoms. The molecular weight excluding hydrogens is 889 g/mol. The minimum absolute atomic E-state index is 0.142. The SMILES string of the molecule is O=C(O)C(F)(F)F.[CH2-]CC([NH-])C(=O)CCCNC(=O)c1ccc(C[n+]2c(-c3ccccc3)c3cc(N)ccc3c3ccc(N)cc32)cc1.[Cl][Pt+2][Cl]. The molecule has 4 aromatic carbocycles. The molecule has 1 heterocycles. The van der Waals surface area contributed by atoms with Crippen molar-refractivity contribution in [2.45, 2.75) is 38.0 Å². The average Bonchev–Trinajstić information content (AvgIpc) is 3.10. The molecule has 0 aliphatic carbocycles. The summed E-state index contributed by atoms with van der Waals surface area (Å²) in [5.74, 6) is -3.09. The Balaban J connectivity index is 0.000000620. The number of carboxylic acid groups (broad SMARTS) is 1. The zero-order chi connectivity index (χ0) is 37.7. The summed E-state index contributed by atoms with van der Waals surface area (Å²) in [7, 11) is 9.75. The number of rotatable bonds is 10. The van der Waals surface area contributed by atoms with E-state index in [1.807, 2.05) is 66.7 Å². The van der Waals surface area contributed by atoms with E-state index in [1.54, 1.807) is 0 Å². The van der Waals surface area contributed by atoms with Crippen LogP contribution >= 0.6 is 18.8 Å². The molecule has 9 nitrogen and oxygen atoms in total. The molecule has 5 rings (SSSR count). The number of nitrogen functional groups attached to an aromatic ring is 2. The van der Waals surface area contributed by atoms with E-state index in [1.165, 1.54) is 0 Å². The van der Waals surface area contributed by atoms with Crippen LogP contribution in [0.25, 0.3) is 38.7 Å². The molecule has 0 aliphatic rings. The Bertz CT molecular complexity index is 1970. The van der Waals surface area contributed by atoms with E-state index in [0.29, 0.717) is 36.4 Å².